The molecule has 1 aromatic rings. The first-order valence-corrected chi connectivity index (χ1v) is 6.78. The number of nitrogens with two attached hydrogens (primary N) is 1. The van der Waals surface area contributed by atoms with Crippen LogP contribution in [0, 0.1) is 5.92 Å². The molecule has 20 heavy (non-hydrogen) atoms. The van der Waals surface area contributed by atoms with E-state index in [0.717, 1.165) is 12.8 Å². The number of amides is 1. The molecule has 1 aliphatic carbocycles. The Kier molecular flexibility index (Phi) is 4.49. The van der Waals surface area contributed by atoms with Crippen molar-refractivity contribution in [3.05, 3.63) is 23.8 Å². The van der Waals surface area contributed by atoms with Gasteiger partial charge in [-0.3, -0.25) is 4.79 Å². The third kappa shape index (κ3) is 2.88. The Morgan fingerprint density at radius 1 is 1.30 bits per heavy atom. The van der Waals surface area contributed by atoms with Crippen LogP contribution in [0.3, 0.4) is 0 Å². The second-order valence-corrected chi connectivity index (χ2v) is 5.32. The Hall–Kier alpha value is -1.75. The van der Waals surface area contributed by atoms with E-state index >= 15 is 0 Å². The van der Waals surface area contributed by atoms with E-state index in [-0.39, 0.29) is 5.91 Å². The van der Waals surface area contributed by atoms with E-state index < -0.39 is 0 Å². The number of rotatable bonds is 5. The summed E-state index contributed by atoms with van der Waals surface area (Å²) in [7, 11) is 4.91. The van der Waals surface area contributed by atoms with Crippen LogP contribution in [0.25, 0.3) is 0 Å². The summed E-state index contributed by atoms with van der Waals surface area (Å²) in [5.74, 6) is 1.48. The van der Waals surface area contributed by atoms with Gasteiger partial charge < -0.3 is 20.1 Å². The molecule has 0 aromatic heterocycles. The SMILES string of the molecule is COc1cccc(OC)c1C(=O)N(C)CC1CC(N)C1. The molecule has 1 saturated carbocycles. The van der Waals surface area contributed by atoms with Crippen molar-refractivity contribution in [1.29, 1.82) is 0 Å². The van der Waals surface area contributed by atoms with Crippen LogP contribution in [0.5, 0.6) is 11.5 Å². The zero-order chi connectivity index (χ0) is 14.7. The lowest BCUT2D eigenvalue weighted by atomic mass is 9.80. The van der Waals surface area contributed by atoms with Crippen LogP contribution in [0.2, 0.25) is 0 Å². The minimum atomic E-state index is -0.0835. The highest BCUT2D eigenvalue weighted by Crippen LogP contribution is 2.31. The molecule has 1 aliphatic rings. The highest BCUT2D eigenvalue weighted by molar-refractivity contribution is 5.99. The lowest BCUT2D eigenvalue weighted by Gasteiger charge is -2.35. The second-order valence-electron chi connectivity index (χ2n) is 5.32. The number of carbonyl (C=O) groups excluding carboxylic acids is 1. The molecule has 1 amide bonds. The van der Waals surface area contributed by atoms with Crippen molar-refractivity contribution < 1.29 is 14.3 Å². The van der Waals surface area contributed by atoms with Crippen molar-refractivity contribution in [2.24, 2.45) is 11.7 Å². The van der Waals surface area contributed by atoms with E-state index in [0.29, 0.717) is 35.6 Å². The molecule has 5 nitrogen and oxygen atoms in total. The summed E-state index contributed by atoms with van der Waals surface area (Å²) in [5.41, 5.74) is 6.26. The molecule has 2 N–H and O–H groups in total. The zero-order valence-electron chi connectivity index (χ0n) is 12.3. The number of hydrogen-bond acceptors (Lipinski definition) is 4. The largest absolute Gasteiger partial charge is 0.496 e. The molecule has 1 aromatic carbocycles. The monoisotopic (exact) mass is 278 g/mol. The summed E-state index contributed by atoms with van der Waals surface area (Å²) in [5, 5.41) is 0. The van der Waals surface area contributed by atoms with E-state index in [4.69, 9.17) is 15.2 Å². The number of hydrogen-bond donors (Lipinski definition) is 1. The van der Waals surface area contributed by atoms with Crippen LogP contribution in [0.15, 0.2) is 18.2 Å². The van der Waals surface area contributed by atoms with Gasteiger partial charge in [-0.2, -0.15) is 0 Å². The maximum absolute atomic E-state index is 12.6. The fraction of sp³-hybridized carbons (Fsp3) is 0.533. The van der Waals surface area contributed by atoms with E-state index in [1.807, 2.05) is 0 Å². The van der Waals surface area contributed by atoms with Crippen molar-refractivity contribution in [1.82, 2.24) is 4.90 Å². The van der Waals surface area contributed by atoms with Crippen LogP contribution in [-0.4, -0.2) is 44.7 Å². The third-order valence-electron chi connectivity index (χ3n) is 3.79. The van der Waals surface area contributed by atoms with Crippen LogP contribution in [-0.2, 0) is 0 Å². The topological polar surface area (TPSA) is 64.8 Å². The lowest BCUT2D eigenvalue weighted by Crippen LogP contribution is -2.43. The third-order valence-corrected chi connectivity index (χ3v) is 3.79. The molecule has 2 rings (SSSR count). The van der Waals surface area contributed by atoms with Crippen LogP contribution in [0.1, 0.15) is 23.2 Å². The predicted octanol–water partition coefficient (Wildman–Crippen LogP) is 1.51. The van der Waals surface area contributed by atoms with Gasteiger partial charge in [0.05, 0.1) is 14.2 Å². The molecule has 0 radical (unpaired) electrons. The molecule has 0 aliphatic heterocycles. The van der Waals surface area contributed by atoms with E-state index in [9.17, 15) is 4.79 Å². The summed E-state index contributed by atoms with van der Waals surface area (Å²) < 4.78 is 10.5. The molecule has 0 saturated heterocycles. The van der Waals surface area contributed by atoms with E-state index in [2.05, 4.69) is 0 Å². The van der Waals surface area contributed by atoms with Crippen LogP contribution in [0.4, 0.5) is 0 Å². The van der Waals surface area contributed by atoms with Crippen molar-refractivity contribution in [3.8, 4) is 11.5 Å². The number of methoxy groups -OCH3 is 2. The van der Waals surface area contributed by atoms with Gasteiger partial charge in [-0.05, 0) is 30.9 Å². The molecule has 0 heterocycles. The molecule has 110 valence electrons. The van der Waals surface area contributed by atoms with Crippen molar-refractivity contribution in [2.45, 2.75) is 18.9 Å². The van der Waals surface area contributed by atoms with Gasteiger partial charge in [0.1, 0.15) is 17.1 Å². The first-order valence-electron chi connectivity index (χ1n) is 6.78. The summed E-state index contributed by atoms with van der Waals surface area (Å²) in [6, 6.07) is 5.63. The Bertz CT molecular complexity index is 462. The van der Waals surface area contributed by atoms with Gasteiger partial charge in [-0.25, -0.2) is 0 Å². The molecular weight excluding hydrogens is 256 g/mol. The van der Waals surface area contributed by atoms with Gasteiger partial charge in [0.25, 0.3) is 5.91 Å². The molecule has 5 heteroatoms. The quantitative estimate of drug-likeness (QED) is 0.886. The first kappa shape index (κ1) is 14.7. The van der Waals surface area contributed by atoms with Crippen LogP contribution < -0.4 is 15.2 Å². The predicted molar refractivity (Wildman–Crippen MR) is 77.2 cm³/mol. The molecule has 0 unspecified atom stereocenters. The summed E-state index contributed by atoms with van der Waals surface area (Å²) in [6.45, 7) is 0.716. The smallest absolute Gasteiger partial charge is 0.261 e. The maximum Gasteiger partial charge on any atom is 0.261 e. The molecule has 0 spiro atoms. The standard InChI is InChI=1S/C15H22N2O3/c1-17(9-10-7-11(16)8-10)15(18)14-12(19-2)5-4-6-13(14)20-3/h4-6,10-11H,7-9,16H2,1-3H3. The minimum absolute atomic E-state index is 0.0835. The second kappa shape index (κ2) is 6.13. The normalized spacial score (nSPS) is 21.0. The Labute approximate surface area is 119 Å². The van der Waals surface area contributed by atoms with E-state index in [1.54, 1.807) is 44.4 Å². The van der Waals surface area contributed by atoms with Crippen molar-refractivity contribution >= 4 is 5.91 Å². The number of carbonyl (C=O) groups is 1. The van der Waals surface area contributed by atoms with Gasteiger partial charge in [0, 0.05) is 19.6 Å². The molecule has 1 fully saturated rings. The molecular formula is C15H22N2O3. The number of benzene rings is 1. The fourth-order valence-corrected chi connectivity index (χ4v) is 2.66. The van der Waals surface area contributed by atoms with Crippen LogP contribution >= 0.6 is 0 Å². The average Bonchev–Trinajstić information content (AvgIpc) is 2.43. The number of nitrogens with zero attached hydrogens (tertiary/aromatic N) is 1. The lowest BCUT2D eigenvalue weighted by molar-refractivity contribution is 0.0727. The van der Waals surface area contributed by atoms with Crippen molar-refractivity contribution in [3.63, 3.8) is 0 Å². The summed E-state index contributed by atoms with van der Waals surface area (Å²) in [6.07, 6.45) is 1.97. The molecule has 0 atom stereocenters. The number of ether oxygens (including phenoxy) is 2. The Morgan fingerprint density at radius 3 is 2.30 bits per heavy atom. The Balaban J connectivity index is 2.15. The van der Waals surface area contributed by atoms with Crippen molar-refractivity contribution in [2.75, 3.05) is 27.8 Å². The zero-order valence-corrected chi connectivity index (χ0v) is 12.3. The van der Waals surface area contributed by atoms with Gasteiger partial charge >= 0.3 is 0 Å². The highest BCUT2D eigenvalue weighted by Gasteiger charge is 2.29. The maximum atomic E-state index is 12.6. The minimum Gasteiger partial charge on any atom is -0.496 e. The van der Waals surface area contributed by atoms with Gasteiger partial charge in [-0.1, -0.05) is 6.07 Å². The summed E-state index contributed by atoms with van der Waals surface area (Å²) >= 11 is 0. The van der Waals surface area contributed by atoms with Gasteiger partial charge in [0.15, 0.2) is 0 Å². The first-order chi connectivity index (χ1) is 9.56. The average molecular weight is 278 g/mol. The highest BCUT2D eigenvalue weighted by atomic mass is 16.5. The van der Waals surface area contributed by atoms with E-state index in [1.165, 1.54) is 0 Å². The van der Waals surface area contributed by atoms with Gasteiger partial charge in [0.2, 0.25) is 0 Å². The van der Waals surface area contributed by atoms with Gasteiger partial charge in [-0.15, -0.1) is 0 Å². The summed E-state index contributed by atoms with van der Waals surface area (Å²) in [4.78, 5) is 14.3. The molecule has 0 bridgehead atoms. The Morgan fingerprint density at radius 2 is 1.85 bits per heavy atom. The fourth-order valence-electron chi connectivity index (χ4n) is 2.66.